The van der Waals surface area contributed by atoms with Gasteiger partial charge in [0.1, 0.15) is 17.2 Å². The number of hydrogen-bond donors (Lipinski definition) is 1. The number of benzene rings is 1. The van der Waals surface area contributed by atoms with Crippen LogP contribution in [0.1, 0.15) is 50.1 Å². The molecule has 0 radical (unpaired) electrons. The van der Waals surface area contributed by atoms with Crippen LogP contribution in [0.25, 0.3) is 0 Å². The molecule has 0 saturated heterocycles. The number of halogens is 1. The minimum Gasteiger partial charge on any atom is -0.487 e. The van der Waals surface area contributed by atoms with Crippen molar-refractivity contribution in [3.05, 3.63) is 29.6 Å². The first kappa shape index (κ1) is 11.0. The first-order chi connectivity index (χ1) is 8.19. The van der Waals surface area contributed by atoms with E-state index in [1.807, 2.05) is 0 Å². The predicted molar refractivity (Wildman–Crippen MR) is 64.4 cm³/mol. The molecule has 1 atom stereocenters. The summed E-state index contributed by atoms with van der Waals surface area (Å²) in [5.74, 6) is 0.412. The van der Waals surface area contributed by atoms with Gasteiger partial charge in [0.2, 0.25) is 0 Å². The van der Waals surface area contributed by atoms with Crippen LogP contribution >= 0.6 is 0 Å². The Hall–Kier alpha value is -1.09. The van der Waals surface area contributed by atoms with Crippen LogP contribution in [-0.2, 0) is 0 Å². The van der Waals surface area contributed by atoms with E-state index in [9.17, 15) is 4.39 Å². The van der Waals surface area contributed by atoms with Crippen LogP contribution in [0.3, 0.4) is 0 Å². The molecule has 3 rings (SSSR count). The number of hydrogen-bond acceptors (Lipinski definition) is 2. The molecular weight excluding hydrogens is 217 g/mol. The lowest BCUT2D eigenvalue weighted by atomic mass is 9.77. The quantitative estimate of drug-likeness (QED) is 0.748. The fraction of sp³-hybridized carbons (Fsp3) is 0.571. The number of nitrogens with two attached hydrogens (primary N) is 1. The Kier molecular flexibility index (Phi) is 2.58. The zero-order valence-corrected chi connectivity index (χ0v) is 9.92. The van der Waals surface area contributed by atoms with Crippen LogP contribution < -0.4 is 10.5 Å². The summed E-state index contributed by atoms with van der Waals surface area (Å²) in [6.45, 7) is 0. The minimum atomic E-state index is -0.246. The Morgan fingerprint density at radius 2 is 2.00 bits per heavy atom. The largest absolute Gasteiger partial charge is 0.487 e. The van der Waals surface area contributed by atoms with Crippen molar-refractivity contribution in [2.24, 2.45) is 5.73 Å². The zero-order valence-electron chi connectivity index (χ0n) is 9.92. The van der Waals surface area contributed by atoms with Gasteiger partial charge in [-0.2, -0.15) is 0 Å². The molecule has 0 unspecified atom stereocenters. The highest BCUT2D eigenvalue weighted by molar-refractivity contribution is 5.39. The Labute approximate surface area is 101 Å². The van der Waals surface area contributed by atoms with E-state index < -0.39 is 0 Å². The molecular formula is C14H18FNO. The average molecular weight is 235 g/mol. The zero-order chi connectivity index (χ0) is 11.9. The molecule has 3 heteroatoms. The maximum absolute atomic E-state index is 13.3. The monoisotopic (exact) mass is 235 g/mol. The lowest BCUT2D eigenvalue weighted by Crippen LogP contribution is -2.44. The summed E-state index contributed by atoms with van der Waals surface area (Å²) >= 11 is 0. The standard InChI is InChI=1S/C14H18FNO/c15-10-4-5-11-12(16)9-14(17-13(11)8-10)6-2-1-3-7-14/h4-5,8,12H,1-3,6-7,9,16H2/t12-/m1/s1. The topological polar surface area (TPSA) is 35.2 Å². The highest BCUT2D eigenvalue weighted by Crippen LogP contribution is 2.45. The van der Waals surface area contributed by atoms with Crippen molar-refractivity contribution in [2.75, 3.05) is 0 Å². The molecule has 92 valence electrons. The first-order valence-electron chi connectivity index (χ1n) is 6.43. The summed E-state index contributed by atoms with van der Waals surface area (Å²) in [5, 5.41) is 0. The van der Waals surface area contributed by atoms with E-state index >= 15 is 0 Å². The second-order valence-corrected chi connectivity index (χ2v) is 5.34. The van der Waals surface area contributed by atoms with E-state index in [1.165, 1.54) is 31.4 Å². The average Bonchev–Trinajstić information content (AvgIpc) is 2.29. The molecule has 1 aromatic rings. The normalized spacial score (nSPS) is 26.4. The van der Waals surface area contributed by atoms with Crippen LogP contribution in [0.4, 0.5) is 4.39 Å². The molecule has 1 aliphatic carbocycles. The molecule has 2 aliphatic rings. The third-order valence-electron chi connectivity index (χ3n) is 4.06. The van der Waals surface area contributed by atoms with Crippen LogP contribution in [0.15, 0.2) is 18.2 Å². The fourth-order valence-corrected chi connectivity index (χ4v) is 3.19. The fourth-order valence-electron chi connectivity index (χ4n) is 3.19. The molecule has 1 fully saturated rings. The van der Waals surface area contributed by atoms with E-state index in [0.29, 0.717) is 5.75 Å². The smallest absolute Gasteiger partial charge is 0.127 e. The van der Waals surface area contributed by atoms with Gasteiger partial charge in [0.05, 0.1) is 0 Å². The van der Waals surface area contributed by atoms with E-state index in [1.54, 1.807) is 6.07 Å². The van der Waals surface area contributed by atoms with Crippen molar-refractivity contribution in [1.29, 1.82) is 0 Å². The van der Waals surface area contributed by atoms with Gasteiger partial charge in [0.25, 0.3) is 0 Å². The van der Waals surface area contributed by atoms with E-state index in [2.05, 4.69) is 0 Å². The SMILES string of the molecule is N[C@@H]1CC2(CCCCC2)Oc2cc(F)ccc21. The minimum absolute atomic E-state index is 0.0163. The van der Waals surface area contributed by atoms with Crippen molar-refractivity contribution in [2.45, 2.75) is 50.2 Å². The van der Waals surface area contributed by atoms with Crippen molar-refractivity contribution in [3.8, 4) is 5.75 Å². The van der Waals surface area contributed by atoms with Gasteiger partial charge in [-0.15, -0.1) is 0 Å². The highest BCUT2D eigenvalue weighted by atomic mass is 19.1. The Morgan fingerprint density at radius 3 is 2.76 bits per heavy atom. The van der Waals surface area contributed by atoms with Gasteiger partial charge in [0.15, 0.2) is 0 Å². The van der Waals surface area contributed by atoms with Crippen LogP contribution in [-0.4, -0.2) is 5.60 Å². The highest BCUT2D eigenvalue weighted by Gasteiger charge is 2.40. The first-order valence-corrected chi connectivity index (χ1v) is 6.43. The molecule has 0 amide bonds. The summed E-state index contributed by atoms with van der Waals surface area (Å²) in [7, 11) is 0. The summed E-state index contributed by atoms with van der Waals surface area (Å²) in [6.07, 6.45) is 6.63. The van der Waals surface area contributed by atoms with Crippen LogP contribution in [0, 0.1) is 5.82 Å². The maximum Gasteiger partial charge on any atom is 0.127 e. The number of fused-ring (bicyclic) bond motifs is 1. The molecule has 0 bridgehead atoms. The van der Waals surface area contributed by atoms with Gasteiger partial charge in [-0.1, -0.05) is 12.5 Å². The van der Waals surface area contributed by atoms with Gasteiger partial charge in [-0.3, -0.25) is 0 Å². The summed E-state index contributed by atoms with van der Waals surface area (Å²) in [5.41, 5.74) is 7.02. The molecule has 1 saturated carbocycles. The van der Waals surface area contributed by atoms with Gasteiger partial charge < -0.3 is 10.5 Å². The van der Waals surface area contributed by atoms with Crippen molar-refractivity contribution < 1.29 is 9.13 Å². The number of rotatable bonds is 0. The molecule has 1 aromatic carbocycles. The van der Waals surface area contributed by atoms with Crippen molar-refractivity contribution in [3.63, 3.8) is 0 Å². The van der Waals surface area contributed by atoms with Crippen molar-refractivity contribution in [1.82, 2.24) is 0 Å². The number of ether oxygens (including phenoxy) is 1. The van der Waals surface area contributed by atoms with E-state index in [0.717, 1.165) is 24.8 Å². The molecule has 2 N–H and O–H groups in total. The van der Waals surface area contributed by atoms with Gasteiger partial charge >= 0.3 is 0 Å². The predicted octanol–water partition coefficient (Wildman–Crippen LogP) is 3.31. The molecule has 0 aromatic heterocycles. The summed E-state index contributed by atoms with van der Waals surface area (Å²) in [6, 6.07) is 4.67. The summed E-state index contributed by atoms with van der Waals surface area (Å²) in [4.78, 5) is 0. The van der Waals surface area contributed by atoms with Crippen LogP contribution in [0.2, 0.25) is 0 Å². The van der Waals surface area contributed by atoms with E-state index in [4.69, 9.17) is 10.5 Å². The van der Waals surface area contributed by atoms with Gasteiger partial charge in [0, 0.05) is 24.1 Å². The van der Waals surface area contributed by atoms with Crippen molar-refractivity contribution >= 4 is 0 Å². The summed E-state index contributed by atoms with van der Waals surface area (Å²) < 4.78 is 19.3. The lowest BCUT2D eigenvalue weighted by molar-refractivity contribution is 0.00165. The molecule has 1 spiro atoms. The van der Waals surface area contributed by atoms with Gasteiger partial charge in [-0.25, -0.2) is 4.39 Å². The molecule has 1 heterocycles. The third kappa shape index (κ3) is 1.93. The van der Waals surface area contributed by atoms with Crippen LogP contribution in [0.5, 0.6) is 5.75 Å². The molecule has 2 nitrogen and oxygen atoms in total. The lowest BCUT2D eigenvalue weighted by Gasteiger charge is -2.43. The maximum atomic E-state index is 13.3. The molecule has 17 heavy (non-hydrogen) atoms. The Bertz CT molecular complexity index is 426. The van der Waals surface area contributed by atoms with E-state index in [-0.39, 0.29) is 17.5 Å². The second-order valence-electron chi connectivity index (χ2n) is 5.34. The third-order valence-corrected chi connectivity index (χ3v) is 4.06. The Balaban J connectivity index is 1.95. The Morgan fingerprint density at radius 1 is 1.24 bits per heavy atom. The molecule has 1 aliphatic heterocycles. The second kappa shape index (κ2) is 3.98. The van der Waals surface area contributed by atoms with Gasteiger partial charge in [-0.05, 0) is 31.7 Å².